The van der Waals surface area contributed by atoms with Gasteiger partial charge in [-0.2, -0.15) is 0 Å². The van der Waals surface area contributed by atoms with Crippen molar-refractivity contribution in [2.24, 2.45) is 0 Å². The minimum absolute atomic E-state index is 0.0201. The van der Waals surface area contributed by atoms with E-state index >= 15 is 0 Å². The Balaban J connectivity index is 2.36. The molecule has 1 unspecified atom stereocenters. The molecule has 5 heteroatoms. The van der Waals surface area contributed by atoms with Crippen LogP contribution >= 0.6 is 0 Å². The van der Waals surface area contributed by atoms with Gasteiger partial charge in [0.25, 0.3) is 5.91 Å². The summed E-state index contributed by atoms with van der Waals surface area (Å²) in [7, 11) is 1.62. The lowest BCUT2D eigenvalue weighted by Gasteiger charge is -2.32. The molecule has 0 radical (unpaired) electrons. The second-order valence-corrected chi connectivity index (χ2v) is 3.54. The molecule has 15 heavy (non-hydrogen) atoms. The molecule has 0 aromatic carbocycles. The highest BCUT2D eigenvalue weighted by atomic mass is 16.5. The molecule has 0 saturated carbocycles. The number of amides is 1. The van der Waals surface area contributed by atoms with Crippen molar-refractivity contribution in [3.63, 3.8) is 0 Å². The summed E-state index contributed by atoms with van der Waals surface area (Å²) in [5, 5.41) is 8.69. The number of ether oxygens (including phenoxy) is 2. The molecule has 0 aromatic rings. The number of carbonyl (C=O) groups excluding carboxylic acids is 1. The van der Waals surface area contributed by atoms with E-state index in [0.717, 1.165) is 0 Å². The zero-order valence-electron chi connectivity index (χ0n) is 9.15. The van der Waals surface area contributed by atoms with E-state index in [9.17, 15) is 4.79 Å². The van der Waals surface area contributed by atoms with Crippen LogP contribution in [0.25, 0.3) is 0 Å². The van der Waals surface area contributed by atoms with Crippen LogP contribution in [0.2, 0.25) is 0 Å². The molecule has 0 aliphatic carbocycles. The first-order chi connectivity index (χ1) is 7.29. The molecule has 88 valence electrons. The van der Waals surface area contributed by atoms with Gasteiger partial charge in [-0.15, -0.1) is 0 Å². The molecule has 0 spiro atoms. The van der Waals surface area contributed by atoms with Crippen molar-refractivity contribution < 1.29 is 19.4 Å². The summed E-state index contributed by atoms with van der Waals surface area (Å²) in [5.74, 6) is 0.0201. The van der Waals surface area contributed by atoms with E-state index in [1.54, 1.807) is 12.0 Å². The smallest absolute Gasteiger partial charge is 0.251 e. The third kappa shape index (κ3) is 3.77. The highest BCUT2D eigenvalue weighted by Crippen LogP contribution is 2.11. The van der Waals surface area contributed by atoms with Gasteiger partial charge < -0.3 is 19.5 Å². The predicted molar refractivity (Wildman–Crippen MR) is 54.5 cm³/mol. The van der Waals surface area contributed by atoms with Crippen molar-refractivity contribution in [2.75, 3.05) is 40.0 Å². The van der Waals surface area contributed by atoms with Crippen molar-refractivity contribution in [3.8, 4) is 0 Å². The van der Waals surface area contributed by atoms with E-state index < -0.39 is 0 Å². The van der Waals surface area contributed by atoms with Crippen LogP contribution in [0.3, 0.4) is 0 Å². The average molecular weight is 217 g/mol. The number of nitrogens with zero attached hydrogens (tertiary/aromatic N) is 1. The monoisotopic (exact) mass is 217 g/mol. The molecule has 5 nitrogen and oxygen atoms in total. The Labute approximate surface area is 90.0 Å². The maximum Gasteiger partial charge on any atom is 0.251 e. The molecule has 1 aliphatic rings. The predicted octanol–water partition coefficient (Wildman–Crippen LogP) is -0.367. The highest BCUT2D eigenvalue weighted by Gasteiger charge is 2.28. The van der Waals surface area contributed by atoms with Crippen LogP contribution in [0, 0.1) is 0 Å². The topological polar surface area (TPSA) is 59.0 Å². The summed E-state index contributed by atoms with van der Waals surface area (Å²) in [6.07, 6.45) is 0.829. The minimum atomic E-state index is -0.372. The lowest BCUT2D eigenvalue weighted by atomic mass is 10.1. The van der Waals surface area contributed by atoms with Crippen molar-refractivity contribution >= 4 is 5.91 Å². The molecule has 0 aromatic heterocycles. The fraction of sp³-hybridized carbons (Fsp3) is 0.900. The van der Waals surface area contributed by atoms with Crippen molar-refractivity contribution in [1.29, 1.82) is 0 Å². The normalized spacial score (nSPS) is 22.1. The van der Waals surface area contributed by atoms with Crippen molar-refractivity contribution in [2.45, 2.75) is 18.9 Å². The maximum atomic E-state index is 11.8. The fourth-order valence-corrected chi connectivity index (χ4v) is 1.60. The first kappa shape index (κ1) is 12.4. The molecule has 1 saturated heterocycles. The highest BCUT2D eigenvalue weighted by molar-refractivity contribution is 5.81. The van der Waals surface area contributed by atoms with E-state index in [-0.39, 0.29) is 18.6 Å². The summed E-state index contributed by atoms with van der Waals surface area (Å²) in [5.41, 5.74) is 0. The van der Waals surface area contributed by atoms with E-state index in [0.29, 0.717) is 39.1 Å². The van der Waals surface area contributed by atoms with Gasteiger partial charge in [0.05, 0.1) is 13.2 Å². The molecule has 1 aliphatic heterocycles. The molecule has 1 heterocycles. The van der Waals surface area contributed by atoms with Crippen molar-refractivity contribution in [1.82, 2.24) is 4.90 Å². The van der Waals surface area contributed by atoms with Gasteiger partial charge in [0.1, 0.15) is 6.10 Å². The van der Waals surface area contributed by atoms with Crippen molar-refractivity contribution in [3.05, 3.63) is 0 Å². The lowest BCUT2D eigenvalue weighted by Crippen LogP contribution is -2.48. The van der Waals surface area contributed by atoms with Gasteiger partial charge >= 0.3 is 0 Å². The number of hydrogen-bond donors (Lipinski definition) is 1. The Morgan fingerprint density at radius 2 is 2.47 bits per heavy atom. The molecular weight excluding hydrogens is 198 g/mol. The fourth-order valence-electron chi connectivity index (χ4n) is 1.60. The zero-order chi connectivity index (χ0) is 11.1. The van der Waals surface area contributed by atoms with Crippen LogP contribution in [-0.2, 0) is 14.3 Å². The number of methoxy groups -OCH3 is 1. The van der Waals surface area contributed by atoms with Crippen LogP contribution in [0.15, 0.2) is 0 Å². The quantitative estimate of drug-likeness (QED) is 0.659. The van der Waals surface area contributed by atoms with Gasteiger partial charge in [0, 0.05) is 26.8 Å². The van der Waals surface area contributed by atoms with Gasteiger partial charge in [-0.25, -0.2) is 0 Å². The van der Waals surface area contributed by atoms with Crippen LogP contribution in [0.1, 0.15) is 12.8 Å². The molecule has 1 rings (SSSR count). The summed E-state index contributed by atoms with van der Waals surface area (Å²) in [6.45, 7) is 2.49. The maximum absolute atomic E-state index is 11.8. The number of morpholine rings is 1. The van der Waals surface area contributed by atoms with E-state index in [2.05, 4.69) is 0 Å². The number of hydrogen-bond acceptors (Lipinski definition) is 4. The lowest BCUT2D eigenvalue weighted by molar-refractivity contribution is -0.154. The van der Waals surface area contributed by atoms with Crippen LogP contribution < -0.4 is 0 Å². The van der Waals surface area contributed by atoms with Gasteiger partial charge in [0.15, 0.2) is 0 Å². The number of carbonyl (C=O) groups is 1. The minimum Gasteiger partial charge on any atom is -0.396 e. The second-order valence-electron chi connectivity index (χ2n) is 3.54. The summed E-state index contributed by atoms with van der Waals surface area (Å²) >= 11 is 0. The molecule has 1 fully saturated rings. The standard InChI is InChI=1S/C10H19NO4/c1-14-7-4-11-5-8-15-9(10(11)13)3-2-6-12/h9,12H,2-8H2,1H3. The summed E-state index contributed by atoms with van der Waals surface area (Å²) in [4.78, 5) is 13.6. The Morgan fingerprint density at radius 1 is 1.67 bits per heavy atom. The molecule has 1 atom stereocenters. The zero-order valence-corrected chi connectivity index (χ0v) is 9.15. The van der Waals surface area contributed by atoms with Gasteiger partial charge in [-0.1, -0.05) is 0 Å². The molecule has 0 bridgehead atoms. The van der Waals surface area contributed by atoms with Gasteiger partial charge in [-0.3, -0.25) is 4.79 Å². The SMILES string of the molecule is COCCN1CCOC(CCCO)C1=O. The summed E-state index contributed by atoms with van der Waals surface area (Å²) < 4.78 is 10.3. The van der Waals surface area contributed by atoms with E-state index in [4.69, 9.17) is 14.6 Å². The van der Waals surface area contributed by atoms with E-state index in [1.165, 1.54) is 0 Å². The van der Waals surface area contributed by atoms with Gasteiger partial charge in [0.2, 0.25) is 0 Å². The Bertz CT molecular complexity index is 180. The largest absolute Gasteiger partial charge is 0.396 e. The average Bonchev–Trinajstić information content (AvgIpc) is 2.26. The Hall–Kier alpha value is -0.650. The first-order valence-electron chi connectivity index (χ1n) is 5.29. The Morgan fingerprint density at radius 3 is 3.13 bits per heavy atom. The molecule has 1 amide bonds. The second kappa shape index (κ2) is 6.76. The first-order valence-corrected chi connectivity index (χ1v) is 5.29. The third-order valence-corrected chi connectivity index (χ3v) is 2.46. The van der Waals surface area contributed by atoms with Crippen LogP contribution in [0.5, 0.6) is 0 Å². The number of rotatable bonds is 6. The number of aliphatic hydroxyl groups excluding tert-OH is 1. The van der Waals surface area contributed by atoms with Gasteiger partial charge in [-0.05, 0) is 12.8 Å². The summed E-state index contributed by atoms with van der Waals surface area (Å²) in [6, 6.07) is 0. The Kier molecular flexibility index (Phi) is 5.60. The number of aliphatic hydroxyl groups is 1. The molecular formula is C10H19NO4. The molecule has 1 N–H and O–H groups in total. The van der Waals surface area contributed by atoms with Crippen LogP contribution in [0.4, 0.5) is 0 Å². The van der Waals surface area contributed by atoms with E-state index in [1.807, 2.05) is 0 Å². The third-order valence-electron chi connectivity index (χ3n) is 2.46. The van der Waals surface area contributed by atoms with Crippen LogP contribution in [-0.4, -0.2) is 62.0 Å².